The lowest BCUT2D eigenvalue weighted by Gasteiger charge is -2.08. The zero-order valence-electron chi connectivity index (χ0n) is 11.6. The highest BCUT2D eigenvalue weighted by Crippen LogP contribution is 2.29. The van der Waals surface area contributed by atoms with Crippen molar-refractivity contribution >= 4 is 17.3 Å². The monoisotopic (exact) mass is 331 g/mol. The summed E-state index contributed by atoms with van der Waals surface area (Å²) in [6.07, 6.45) is 0. The van der Waals surface area contributed by atoms with Gasteiger partial charge >= 0.3 is 0 Å². The van der Waals surface area contributed by atoms with Crippen molar-refractivity contribution in [2.24, 2.45) is 0 Å². The molecule has 116 valence electrons. The Labute approximate surface area is 135 Å². The highest BCUT2D eigenvalue weighted by molar-refractivity contribution is 6.32. The molecule has 0 saturated carbocycles. The molecular formula is C14H10ClN5O3. The van der Waals surface area contributed by atoms with Crippen molar-refractivity contribution in [1.29, 1.82) is 0 Å². The van der Waals surface area contributed by atoms with Crippen molar-refractivity contribution in [2.75, 3.05) is 0 Å². The van der Waals surface area contributed by atoms with Crippen molar-refractivity contribution in [3.05, 3.63) is 63.2 Å². The highest BCUT2D eigenvalue weighted by atomic mass is 35.5. The van der Waals surface area contributed by atoms with Gasteiger partial charge in [-0.05, 0) is 41.1 Å². The SMILES string of the molecule is O=[N+]([O-])c1ccc(COc2ccc(-c3nn[nH]n3)cc2Cl)cc1. The molecule has 0 saturated heterocycles. The first-order chi connectivity index (χ1) is 11.1. The third-order valence-electron chi connectivity index (χ3n) is 3.08. The number of aromatic nitrogens is 4. The third kappa shape index (κ3) is 3.43. The Kier molecular flexibility index (Phi) is 4.15. The average molecular weight is 332 g/mol. The van der Waals surface area contributed by atoms with Gasteiger partial charge in [-0.15, -0.1) is 10.2 Å². The first kappa shape index (κ1) is 14.9. The molecule has 0 atom stereocenters. The summed E-state index contributed by atoms with van der Waals surface area (Å²) < 4.78 is 5.63. The topological polar surface area (TPSA) is 107 Å². The summed E-state index contributed by atoms with van der Waals surface area (Å²) in [4.78, 5) is 10.2. The fourth-order valence-corrected chi connectivity index (χ4v) is 2.15. The number of benzene rings is 2. The summed E-state index contributed by atoms with van der Waals surface area (Å²) in [5.41, 5.74) is 1.55. The Morgan fingerprint density at radius 3 is 2.61 bits per heavy atom. The Morgan fingerprint density at radius 2 is 2.00 bits per heavy atom. The van der Waals surface area contributed by atoms with Gasteiger partial charge < -0.3 is 4.74 Å². The predicted octanol–water partition coefficient (Wildman–Crippen LogP) is 3.01. The van der Waals surface area contributed by atoms with Crippen LogP contribution in [-0.2, 0) is 6.61 Å². The second-order valence-corrected chi connectivity index (χ2v) is 5.00. The predicted molar refractivity (Wildman–Crippen MR) is 82.1 cm³/mol. The van der Waals surface area contributed by atoms with Crippen LogP contribution in [0.2, 0.25) is 5.02 Å². The fraction of sp³-hybridized carbons (Fsp3) is 0.0714. The van der Waals surface area contributed by atoms with E-state index in [9.17, 15) is 10.1 Å². The van der Waals surface area contributed by atoms with Crippen LogP contribution in [0.15, 0.2) is 42.5 Å². The molecule has 3 aromatic rings. The fourth-order valence-electron chi connectivity index (χ4n) is 1.92. The minimum atomic E-state index is -0.446. The number of halogens is 1. The van der Waals surface area contributed by atoms with Gasteiger partial charge in [0.05, 0.1) is 9.95 Å². The van der Waals surface area contributed by atoms with Gasteiger partial charge in [-0.25, -0.2) is 0 Å². The van der Waals surface area contributed by atoms with E-state index in [0.29, 0.717) is 22.2 Å². The number of tetrazole rings is 1. The number of nitrogens with one attached hydrogen (secondary N) is 1. The van der Waals surface area contributed by atoms with Crippen molar-refractivity contribution in [1.82, 2.24) is 20.6 Å². The molecule has 1 aromatic heterocycles. The van der Waals surface area contributed by atoms with Gasteiger partial charge in [0.1, 0.15) is 12.4 Å². The maximum atomic E-state index is 10.6. The van der Waals surface area contributed by atoms with Crippen molar-refractivity contribution in [2.45, 2.75) is 6.61 Å². The molecule has 1 N–H and O–H groups in total. The molecule has 1 heterocycles. The minimum Gasteiger partial charge on any atom is -0.487 e. The van der Waals surface area contributed by atoms with Crippen LogP contribution in [0, 0.1) is 10.1 Å². The molecule has 8 nitrogen and oxygen atoms in total. The molecule has 0 radical (unpaired) electrons. The summed E-state index contributed by atoms with van der Waals surface area (Å²) in [5, 5.41) is 24.6. The molecule has 0 aliphatic heterocycles. The number of hydrogen-bond acceptors (Lipinski definition) is 6. The van der Waals surface area contributed by atoms with Crippen molar-refractivity contribution in [3.63, 3.8) is 0 Å². The van der Waals surface area contributed by atoms with Gasteiger partial charge in [0.15, 0.2) is 0 Å². The molecule has 0 spiro atoms. The van der Waals surface area contributed by atoms with E-state index in [1.54, 1.807) is 30.3 Å². The maximum Gasteiger partial charge on any atom is 0.269 e. The average Bonchev–Trinajstić information content (AvgIpc) is 3.08. The summed E-state index contributed by atoms with van der Waals surface area (Å²) in [6, 6.07) is 11.3. The number of nitro benzene ring substituents is 1. The van der Waals surface area contributed by atoms with Gasteiger partial charge in [-0.1, -0.05) is 11.6 Å². The first-order valence-electron chi connectivity index (χ1n) is 6.53. The molecular weight excluding hydrogens is 322 g/mol. The zero-order valence-corrected chi connectivity index (χ0v) is 12.4. The lowest BCUT2D eigenvalue weighted by molar-refractivity contribution is -0.384. The number of nitro groups is 1. The molecule has 3 rings (SSSR count). The summed E-state index contributed by atoms with van der Waals surface area (Å²) >= 11 is 6.18. The second kappa shape index (κ2) is 6.41. The Balaban J connectivity index is 1.69. The highest BCUT2D eigenvalue weighted by Gasteiger charge is 2.09. The van der Waals surface area contributed by atoms with Crippen LogP contribution in [0.5, 0.6) is 5.75 Å². The molecule has 9 heteroatoms. The largest absolute Gasteiger partial charge is 0.487 e. The summed E-state index contributed by atoms with van der Waals surface area (Å²) in [5.74, 6) is 0.936. The van der Waals surface area contributed by atoms with E-state index < -0.39 is 4.92 Å². The molecule has 0 bridgehead atoms. The third-order valence-corrected chi connectivity index (χ3v) is 3.37. The van der Waals surface area contributed by atoms with Crippen LogP contribution >= 0.6 is 11.6 Å². The number of aromatic amines is 1. The standard InChI is InChI=1S/C14H10ClN5O3/c15-12-7-10(14-16-18-19-17-14)3-6-13(12)23-8-9-1-4-11(5-2-9)20(21)22/h1-7H,8H2,(H,16,17,18,19). The number of ether oxygens (including phenoxy) is 1. The van der Waals surface area contributed by atoms with Crippen LogP contribution in [0.1, 0.15) is 5.56 Å². The lowest BCUT2D eigenvalue weighted by atomic mass is 10.2. The van der Waals surface area contributed by atoms with Crippen LogP contribution in [0.25, 0.3) is 11.4 Å². The number of non-ortho nitro benzene ring substituents is 1. The van der Waals surface area contributed by atoms with Gasteiger partial charge in [0, 0.05) is 17.7 Å². The van der Waals surface area contributed by atoms with E-state index in [4.69, 9.17) is 16.3 Å². The van der Waals surface area contributed by atoms with E-state index >= 15 is 0 Å². The molecule has 0 fully saturated rings. The quantitative estimate of drug-likeness (QED) is 0.569. The molecule has 0 aliphatic carbocycles. The Morgan fingerprint density at radius 1 is 1.22 bits per heavy atom. The van der Waals surface area contributed by atoms with Gasteiger partial charge in [-0.3, -0.25) is 10.1 Å². The van der Waals surface area contributed by atoms with Gasteiger partial charge in [-0.2, -0.15) is 5.21 Å². The van der Waals surface area contributed by atoms with E-state index in [-0.39, 0.29) is 12.3 Å². The second-order valence-electron chi connectivity index (χ2n) is 4.59. The van der Waals surface area contributed by atoms with E-state index in [1.165, 1.54) is 12.1 Å². The number of H-pyrrole nitrogens is 1. The van der Waals surface area contributed by atoms with E-state index in [0.717, 1.165) is 5.56 Å². The van der Waals surface area contributed by atoms with E-state index in [1.807, 2.05) is 0 Å². The van der Waals surface area contributed by atoms with Crippen LogP contribution in [0.4, 0.5) is 5.69 Å². The first-order valence-corrected chi connectivity index (χ1v) is 6.91. The number of rotatable bonds is 5. The maximum absolute atomic E-state index is 10.6. The summed E-state index contributed by atoms with van der Waals surface area (Å²) in [6.45, 7) is 0.249. The number of hydrogen-bond donors (Lipinski definition) is 1. The van der Waals surface area contributed by atoms with Crippen molar-refractivity contribution in [3.8, 4) is 17.1 Å². The normalized spacial score (nSPS) is 10.5. The molecule has 0 aliphatic rings. The van der Waals surface area contributed by atoms with Crippen LogP contribution in [-0.4, -0.2) is 25.5 Å². The molecule has 0 amide bonds. The van der Waals surface area contributed by atoms with Gasteiger partial charge in [0.2, 0.25) is 5.82 Å². The molecule has 23 heavy (non-hydrogen) atoms. The zero-order chi connectivity index (χ0) is 16.2. The smallest absolute Gasteiger partial charge is 0.269 e. The van der Waals surface area contributed by atoms with Gasteiger partial charge in [0.25, 0.3) is 5.69 Å². The van der Waals surface area contributed by atoms with Crippen molar-refractivity contribution < 1.29 is 9.66 Å². The van der Waals surface area contributed by atoms with E-state index in [2.05, 4.69) is 20.6 Å². The summed E-state index contributed by atoms with van der Waals surface area (Å²) in [7, 11) is 0. The Bertz CT molecular complexity index is 821. The minimum absolute atomic E-state index is 0.0382. The lowest BCUT2D eigenvalue weighted by Crippen LogP contribution is -1.97. The van der Waals surface area contributed by atoms with Crippen LogP contribution in [0.3, 0.4) is 0 Å². The molecule has 0 unspecified atom stereocenters. The van der Waals surface area contributed by atoms with Crippen LogP contribution < -0.4 is 4.74 Å². The number of nitrogens with zero attached hydrogens (tertiary/aromatic N) is 4. The molecule has 2 aromatic carbocycles. The Hall–Kier alpha value is -3.00.